The lowest BCUT2D eigenvalue weighted by molar-refractivity contribution is -0.117. The Morgan fingerprint density at radius 2 is 2.29 bits per heavy atom. The molecule has 1 fully saturated rings. The van der Waals surface area contributed by atoms with Crippen molar-refractivity contribution in [1.29, 1.82) is 0 Å². The third-order valence-electron chi connectivity index (χ3n) is 4.05. The Balaban J connectivity index is 1.83. The number of benzene rings is 1. The van der Waals surface area contributed by atoms with Gasteiger partial charge >= 0.3 is 0 Å². The molecule has 0 bridgehead atoms. The Bertz CT molecular complexity index is 583. The highest BCUT2D eigenvalue weighted by Crippen LogP contribution is 2.37. The van der Waals surface area contributed by atoms with Crippen LogP contribution in [0.15, 0.2) is 18.2 Å². The number of hydrogen-bond donors (Lipinski definition) is 2. The van der Waals surface area contributed by atoms with Crippen LogP contribution in [0.3, 0.4) is 0 Å². The van der Waals surface area contributed by atoms with Crippen molar-refractivity contribution in [2.24, 2.45) is 5.92 Å². The smallest absolute Gasteiger partial charge is 0.251 e. The minimum Gasteiger partial charge on any atom is -0.358 e. The van der Waals surface area contributed by atoms with Gasteiger partial charge in [-0.2, -0.15) is 0 Å². The number of carbonyl (C=O) groups is 2. The van der Waals surface area contributed by atoms with Crippen LogP contribution in [0.1, 0.15) is 37.0 Å². The Labute approximate surface area is 124 Å². The topological polar surface area (TPSA) is 61.4 Å². The molecule has 0 radical (unpaired) electrons. The molecule has 112 valence electrons. The van der Waals surface area contributed by atoms with Gasteiger partial charge in [0.25, 0.3) is 5.91 Å². The SMILES string of the molecule is CC(C)CNC(=O)c1ccc2c(c1)NC(=O)[C@@H]1CCCN21. The van der Waals surface area contributed by atoms with Gasteiger partial charge in [-0.25, -0.2) is 0 Å². The number of nitrogens with one attached hydrogen (secondary N) is 2. The van der Waals surface area contributed by atoms with Crippen molar-refractivity contribution in [2.45, 2.75) is 32.7 Å². The summed E-state index contributed by atoms with van der Waals surface area (Å²) in [4.78, 5) is 26.3. The van der Waals surface area contributed by atoms with Crippen molar-refractivity contribution in [3.05, 3.63) is 23.8 Å². The van der Waals surface area contributed by atoms with Gasteiger partial charge in [-0.3, -0.25) is 9.59 Å². The lowest BCUT2D eigenvalue weighted by atomic mass is 10.1. The molecule has 2 aliphatic heterocycles. The highest BCUT2D eigenvalue weighted by atomic mass is 16.2. The average Bonchev–Trinajstić information content (AvgIpc) is 2.94. The van der Waals surface area contributed by atoms with Crippen molar-refractivity contribution in [2.75, 3.05) is 23.3 Å². The molecule has 1 atom stereocenters. The summed E-state index contributed by atoms with van der Waals surface area (Å²) in [5.74, 6) is 0.362. The van der Waals surface area contributed by atoms with Crippen LogP contribution in [0.4, 0.5) is 11.4 Å². The molecule has 0 spiro atoms. The van der Waals surface area contributed by atoms with E-state index < -0.39 is 0 Å². The van der Waals surface area contributed by atoms with Gasteiger partial charge in [-0.05, 0) is 37.0 Å². The van der Waals surface area contributed by atoms with E-state index in [0.717, 1.165) is 30.8 Å². The second-order valence-electron chi connectivity index (χ2n) is 6.18. The van der Waals surface area contributed by atoms with Gasteiger partial charge in [0.05, 0.1) is 11.4 Å². The van der Waals surface area contributed by atoms with Gasteiger partial charge in [0.2, 0.25) is 5.91 Å². The number of anilines is 2. The van der Waals surface area contributed by atoms with E-state index in [-0.39, 0.29) is 17.9 Å². The standard InChI is InChI=1S/C16H21N3O2/c1-10(2)9-17-15(20)11-5-6-13-12(8-11)18-16(21)14-4-3-7-19(13)14/h5-6,8,10,14H,3-4,7,9H2,1-2H3,(H,17,20)(H,18,21)/t14-/m0/s1. The molecule has 21 heavy (non-hydrogen) atoms. The second-order valence-corrected chi connectivity index (χ2v) is 6.18. The van der Waals surface area contributed by atoms with Gasteiger partial charge in [-0.1, -0.05) is 13.8 Å². The molecule has 0 aliphatic carbocycles. The lowest BCUT2D eigenvalue weighted by Gasteiger charge is -2.33. The minimum absolute atomic E-state index is 0.0414. The zero-order chi connectivity index (χ0) is 15.0. The van der Waals surface area contributed by atoms with Crippen LogP contribution in [-0.2, 0) is 4.79 Å². The molecule has 2 heterocycles. The summed E-state index contributed by atoms with van der Waals surface area (Å²) in [6.45, 7) is 5.67. The highest BCUT2D eigenvalue weighted by molar-refractivity contribution is 6.06. The van der Waals surface area contributed by atoms with E-state index >= 15 is 0 Å². The number of amides is 2. The van der Waals surface area contributed by atoms with E-state index in [1.165, 1.54) is 0 Å². The van der Waals surface area contributed by atoms with Crippen LogP contribution in [-0.4, -0.2) is 30.9 Å². The first-order valence-electron chi connectivity index (χ1n) is 7.56. The van der Waals surface area contributed by atoms with Crippen molar-refractivity contribution in [3.63, 3.8) is 0 Å². The Morgan fingerprint density at radius 1 is 1.48 bits per heavy atom. The number of fused-ring (bicyclic) bond motifs is 3. The normalized spacial score (nSPS) is 20.0. The lowest BCUT2D eigenvalue weighted by Crippen LogP contribution is -2.44. The second kappa shape index (κ2) is 5.39. The van der Waals surface area contributed by atoms with Crippen LogP contribution >= 0.6 is 0 Å². The largest absolute Gasteiger partial charge is 0.358 e. The molecule has 5 heteroatoms. The van der Waals surface area contributed by atoms with Crippen LogP contribution in [0.2, 0.25) is 0 Å². The fourth-order valence-electron chi connectivity index (χ4n) is 2.97. The summed E-state index contributed by atoms with van der Waals surface area (Å²) in [5.41, 5.74) is 2.36. The van der Waals surface area contributed by atoms with Crippen molar-refractivity contribution in [3.8, 4) is 0 Å². The summed E-state index contributed by atoms with van der Waals surface area (Å²) in [6.07, 6.45) is 1.94. The van der Waals surface area contributed by atoms with E-state index in [0.29, 0.717) is 18.0 Å². The Kier molecular flexibility index (Phi) is 3.57. The van der Waals surface area contributed by atoms with E-state index in [4.69, 9.17) is 0 Å². The number of nitrogens with zero attached hydrogens (tertiary/aromatic N) is 1. The minimum atomic E-state index is -0.0932. The van der Waals surface area contributed by atoms with Crippen molar-refractivity contribution >= 4 is 23.2 Å². The van der Waals surface area contributed by atoms with Crippen LogP contribution in [0.5, 0.6) is 0 Å². The van der Waals surface area contributed by atoms with Gasteiger partial charge in [-0.15, -0.1) is 0 Å². The fraction of sp³-hybridized carbons (Fsp3) is 0.500. The summed E-state index contributed by atoms with van der Waals surface area (Å²) in [6, 6.07) is 5.51. The maximum Gasteiger partial charge on any atom is 0.251 e. The maximum atomic E-state index is 12.1. The Morgan fingerprint density at radius 3 is 3.05 bits per heavy atom. The van der Waals surface area contributed by atoms with Gasteiger partial charge in [0, 0.05) is 18.7 Å². The predicted molar refractivity (Wildman–Crippen MR) is 82.6 cm³/mol. The molecule has 1 aromatic carbocycles. The van der Waals surface area contributed by atoms with E-state index in [1.54, 1.807) is 6.07 Å². The monoisotopic (exact) mass is 287 g/mol. The summed E-state index contributed by atoms with van der Waals surface area (Å²) < 4.78 is 0. The number of carbonyl (C=O) groups excluding carboxylic acids is 2. The fourth-order valence-corrected chi connectivity index (χ4v) is 2.97. The molecule has 0 saturated carbocycles. The summed E-state index contributed by atoms with van der Waals surface area (Å²) >= 11 is 0. The highest BCUT2D eigenvalue weighted by Gasteiger charge is 2.36. The van der Waals surface area contributed by atoms with Gasteiger partial charge < -0.3 is 15.5 Å². The molecule has 2 amide bonds. The van der Waals surface area contributed by atoms with Crippen molar-refractivity contribution in [1.82, 2.24) is 5.32 Å². The molecular formula is C16H21N3O2. The molecule has 1 aromatic rings. The molecule has 2 N–H and O–H groups in total. The van der Waals surface area contributed by atoms with Crippen LogP contribution in [0.25, 0.3) is 0 Å². The third-order valence-corrected chi connectivity index (χ3v) is 4.05. The molecule has 2 aliphatic rings. The predicted octanol–water partition coefficient (Wildman–Crippen LogP) is 1.99. The molecular weight excluding hydrogens is 266 g/mol. The first-order valence-corrected chi connectivity index (χ1v) is 7.56. The first-order chi connectivity index (χ1) is 10.1. The quantitative estimate of drug-likeness (QED) is 0.894. The zero-order valence-electron chi connectivity index (χ0n) is 12.5. The van der Waals surface area contributed by atoms with E-state index in [9.17, 15) is 9.59 Å². The van der Waals surface area contributed by atoms with Crippen molar-refractivity contribution < 1.29 is 9.59 Å². The molecule has 0 aromatic heterocycles. The number of hydrogen-bond acceptors (Lipinski definition) is 3. The Hall–Kier alpha value is -2.04. The van der Waals surface area contributed by atoms with E-state index in [1.807, 2.05) is 12.1 Å². The zero-order valence-corrected chi connectivity index (χ0v) is 12.5. The van der Waals surface area contributed by atoms with Crippen LogP contribution < -0.4 is 15.5 Å². The third kappa shape index (κ3) is 2.60. The molecule has 5 nitrogen and oxygen atoms in total. The van der Waals surface area contributed by atoms with E-state index in [2.05, 4.69) is 29.4 Å². The van der Waals surface area contributed by atoms with Gasteiger partial charge in [0.15, 0.2) is 0 Å². The number of rotatable bonds is 3. The van der Waals surface area contributed by atoms with Gasteiger partial charge in [0.1, 0.15) is 6.04 Å². The summed E-state index contributed by atoms with van der Waals surface area (Å²) in [5, 5.41) is 5.83. The summed E-state index contributed by atoms with van der Waals surface area (Å²) in [7, 11) is 0. The van der Waals surface area contributed by atoms with Crippen LogP contribution in [0, 0.1) is 5.92 Å². The molecule has 3 rings (SSSR count). The molecule has 1 saturated heterocycles. The maximum absolute atomic E-state index is 12.1. The molecule has 0 unspecified atom stereocenters. The average molecular weight is 287 g/mol. The first kappa shape index (κ1) is 13.9.